The second kappa shape index (κ2) is 13.2. The van der Waals surface area contributed by atoms with Crippen molar-refractivity contribution in [2.75, 3.05) is 19.0 Å². The molecule has 40 heavy (non-hydrogen) atoms. The van der Waals surface area contributed by atoms with Crippen molar-refractivity contribution in [2.45, 2.75) is 26.2 Å². The summed E-state index contributed by atoms with van der Waals surface area (Å²) in [6.45, 7) is 5.50. The molecule has 4 aromatic rings. The minimum absolute atomic E-state index is 0.270. The summed E-state index contributed by atoms with van der Waals surface area (Å²) in [7, 11) is 1.49. The summed E-state index contributed by atoms with van der Waals surface area (Å²) >= 11 is 3.41. The lowest BCUT2D eigenvalue weighted by Crippen LogP contribution is -2.22. The zero-order valence-electron chi connectivity index (χ0n) is 22.1. The highest BCUT2D eigenvalue weighted by Gasteiger charge is 2.15. The van der Waals surface area contributed by atoms with Gasteiger partial charge in [-0.3, -0.25) is 9.59 Å². The number of nitrogens with zero attached hydrogens (tertiary/aromatic N) is 3. The molecule has 0 saturated heterocycles. The van der Waals surface area contributed by atoms with Gasteiger partial charge >= 0.3 is 0 Å². The van der Waals surface area contributed by atoms with Gasteiger partial charge in [-0.2, -0.15) is 9.78 Å². The quantitative estimate of drug-likeness (QED) is 0.170. The molecule has 0 saturated carbocycles. The summed E-state index contributed by atoms with van der Waals surface area (Å²) in [5.41, 5.74) is 2.02. The third-order valence-electron chi connectivity index (χ3n) is 5.87. The average Bonchev–Trinajstić information content (AvgIpc) is 2.92. The van der Waals surface area contributed by atoms with Crippen LogP contribution in [0.4, 0.5) is 10.1 Å². The van der Waals surface area contributed by atoms with E-state index in [1.54, 1.807) is 36.6 Å². The van der Waals surface area contributed by atoms with Crippen LogP contribution < -0.4 is 20.3 Å². The number of nitrogens with one attached hydrogen (secondary N) is 1. The molecule has 1 N–H and O–H groups in total. The molecule has 0 aliphatic heterocycles. The smallest absolute Gasteiger partial charge is 0.282 e. The van der Waals surface area contributed by atoms with Gasteiger partial charge in [0.25, 0.3) is 11.5 Å². The van der Waals surface area contributed by atoms with Gasteiger partial charge in [0.1, 0.15) is 11.6 Å². The molecule has 1 aromatic heterocycles. The molecule has 0 spiro atoms. The van der Waals surface area contributed by atoms with Crippen molar-refractivity contribution in [3.63, 3.8) is 0 Å². The van der Waals surface area contributed by atoms with Crippen LogP contribution in [0.25, 0.3) is 10.9 Å². The SMILES string of the molecule is C=CCc1cc(C=Nn2c(CCC)nc3ccc(Br)cc3c2=O)cc(OC)c1OCC(=O)Nc1cccc(F)c1. The topological polar surface area (TPSA) is 94.8 Å². The predicted molar refractivity (Wildman–Crippen MR) is 158 cm³/mol. The van der Waals surface area contributed by atoms with Crippen molar-refractivity contribution in [1.82, 2.24) is 9.66 Å². The maximum atomic E-state index is 13.4. The molecule has 1 amide bonds. The van der Waals surface area contributed by atoms with Crippen molar-refractivity contribution in [2.24, 2.45) is 5.10 Å². The normalized spacial score (nSPS) is 11.1. The van der Waals surface area contributed by atoms with Crippen LogP contribution in [0, 0.1) is 5.82 Å². The Bertz CT molecular complexity index is 1650. The number of hydrogen-bond acceptors (Lipinski definition) is 6. The summed E-state index contributed by atoms with van der Waals surface area (Å²) in [4.78, 5) is 30.4. The Morgan fingerprint density at radius 3 is 2.77 bits per heavy atom. The van der Waals surface area contributed by atoms with Crippen LogP contribution in [0.15, 0.2) is 81.6 Å². The van der Waals surface area contributed by atoms with E-state index in [2.05, 4.69) is 37.9 Å². The van der Waals surface area contributed by atoms with E-state index in [9.17, 15) is 14.0 Å². The van der Waals surface area contributed by atoms with Crippen molar-refractivity contribution in [3.8, 4) is 11.5 Å². The van der Waals surface area contributed by atoms with Gasteiger partial charge in [-0.05, 0) is 66.9 Å². The number of benzene rings is 3. The van der Waals surface area contributed by atoms with Crippen molar-refractivity contribution < 1.29 is 18.7 Å². The molecular formula is C30H28BrFN4O4. The van der Waals surface area contributed by atoms with E-state index >= 15 is 0 Å². The van der Waals surface area contributed by atoms with Crippen LogP contribution in [-0.4, -0.2) is 35.5 Å². The van der Waals surface area contributed by atoms with Gasteiger partial charge in [0.05, 0.1) is 24.2 Å². The number of allylic oxidation sites excluding steroid dienone is 1. The van der Waals surface area contributed by atoms with Gasteiger partial charge in [0.15, 0.2) is 18.1 Å². The number of hydrogen-bond donors (Lipinski definition) is 1. The molecule has 1 heterocycles. The Labute approximate surface area is 239 Å². The van der Waals surface area contributed by atoms with E-state index in [0.717, 1.165) is 10.9 Å². The van der Waals surface area contributed by atoms with Crippen molar-refractivity contribution in [1.29, 1.82) is 0 Å². The van der Waals surface area contributed by atoms with Gasteiger partial charge in [-0.25, -0.2) is 9.37 Å². The number of ether oxygens (including phenoxy) is 2. The third-order valence-corrected chi connectivity index (χ3v) is 6.36. The van der Waals surface area contributed by atoms with Gasteiger partial charge < -0.3 is 14.8 Å². The first-order valence-electron chi connectivity index (χ1n) is 12.6. The minimum atomic E-state index is -0.457. The van der Waals surface area contributed by atoms with Gasteiger partial charge in [-0.15, -0.1) is 6.58 Å². The second-order valence-corrected chi connectivity index (χ2v) is 9.77. The summed E-state index contributed by atoms with van der Waals surface area (Å²) in [5, 5.41) is 7.55. The number of methoxy groups -OCH3 is 1. The fourth-order valence-corrected chi connectivity index (χ4v) is 4.47. The highest BCUT2D eigenvalue weighted by Crippen LogP contribution is 2.33. The van der Waals surface area contributed by atoms with Crippen molar-refractivity contribution >= 4 is 44.6 Å². The number of halogens is 2. The maximum Gasteiger partial charge on any atom is 0.282 e. The van der Waals surface area contributed by atoms with Gasteiger partial charge in [-0.1, -0.05) is 35.0 Å². The fourth-order valence-electron chi connectivity index (χ4n) is 4.11. The van der Waals surface area contributed by atoms with Crippen LogP contribution in [0.2, 0.25) is 0 Å². The molecule has 0 fully saturated rings. The number of amides is 1. The number of carbonyl (C=O) groups is 1. The Hall–Kier alpha value is -4.31. The van der Waals surface area contributed by atoms with Crippen LogP contribution in [0.3, 0.4) is 0 Å². The molecule has 0 atom stereocenters. The molecule has 0 bridgehead atoms. The number of anilines is 1. The molecule has 0 radical (unpaired) electrons. The number of fused-ring (bicyclic) bond motifs is 1. The molecule has 206 valence electrons. The van der Waals surface area contributed by atoms with E-state index in [1.807, 2.05) is 19.1 Å². The van der Waals surface area contributed by atoms with Crippen LogP contribution in [-0.2, 0) is 17.6 Å². The van der Waals surface area contributed by atoms with E-state index in [4.69, 9.17) is 9.47 Å². The summed E-state index contributed by atoms with van der Waals surface area (Å²) in [6.07, 6.45) is 5.05. The van der Waals surface area contributed by atoms with Gasteiger partial charge in [0, 0.05) is 22.1 Å². The molecule has 10 heteroatoms. The van der Waals surface area contributed by atoms with Crippen molar-refractivity contribution in [3.05, 3.63) is 105 Å². The first-order valence-corrected chi connectivity index (χ1v) is 13.4. The Kier molecular flexibility index (Phi) is 9.44. The first kappa shape index (κ1) is 28.7. The predicted octanol–water partition coefficient (Wildman–Crippen LogP) is 5.89. The lowest BCUT2D eigenvalue weighted by molar-refractivity contribution is -0.118. The standard InChI is InChI=1S/C30H28BrFN4O4/c1-4-7-20-13-19(14-26(39-3)29(20)40-18-28(37)34-23-10-6-9-22(32)16-23)17-33-36-27(8-5-2)35-25-12-11-21(31)15-24(25)30(36)38/h4,6,9-17H,1,5,7-8,18H2,2-3H3,(H,34,37). The Morgan fingerprint density at radius 1 is 1.23 bits per heavy atom. The molecule has 0 unspecified atom stereocenters. The zero-order valence-corrected chi connectivity index (χ0v) is 23.7. The van der Waals surface area contributed by atoms with E-state index in [-0.39, 0.29) is 12.2 Å². The lowest BCUT2D eigenvalue weighted by atomic mass is 10.1. The average molecular weight is 607 g/mol. The summed E-state index contributed by atoms with van der Waals surface area (Å²) < 4.78 is 26.9. The monoisotopic (exact) mass is 606 g/mol. The Balaban J connectivity index is 1.64. The molecular weight excluding hydrogens is 579 g/mol. The number of carbonyl (C=O) groups excluding carboxylic acids is 1. The van der Waals surface area contributed by atoms with E-state index in [0.29, 0.717) is 57.9 Å². The maximum absolute atomic E-state index is 13.4. The highest BCUT2D eigenvalue weighted by molar-refractivity contribution is 9.10. The third kappa shape index (κ3) is 6.81. The molecule has 8 nitrogen and oxygen atoms in total. The number of aryl methyl sites for hydroxylation is 1. The van der Waals surface area contributed by atoms with Crippen LogP contribution in [0.5, 0.6) is 11.5 Å². The number of rotatable bonds is 11. The Morgan fingerprint density at radius 2 is 2.05 bits per heavy atom. The zero-order chi connectivity index (χ0) is 28.6. The second-order valence-electron chi connectivity index (χ2n) is 8.85. The van der Waals surface area contributed by atoms with Crippen LogP contribution >= 0.6 is 15.9 Å². The van der Waals surface area contributed by atoms with E-state index < -0.39 is 11.7 Å². The largest absolute Gasteiger partial charge is 0.493 e. The minimum Gasteiger partial charge on any atom is -0.493 e. The number of aromatic nitrogens is 2. The molecule has 0 aliphatic carbocycles. The van der Waals surface area contributed by atoms with E-state index in [1.165, 1.54) is 30.0 Å². The molecule has 4 rings (SSSR count). The lowest BCUT2D eigenvalue weighted by Gasteiger charge is -2.16. The molecule has 0 aliphatic rings. The first-order chi connectivity index (χ1) is 19.3. The highest BCUT2D eigenvalue weighted by atomic mass is 79.9. The van der Waals surface area contributed by atoms with Gasteiger partial charge in [0.2, 0.25) is 0 Å². The fraction of sp³-hybridized carbons (Fsp3) is 0.200. The summed E-state index contributed by atoms with van der Waals surface area (Å²) in [6, 6.07) is 14.5. The summed E-state index contributed by atoms with van der Waals surface area (Å²) in [5.74, 6) is 0.389. The van der Waals surface area contributed by atoms with Crippen LogP contribution in [0.1, 0.15) is 30.3 Å². The molecule has 3 aromatic carbocycles.